The average Bonchev–Trinajstić information content (AvgIpc) is 2.25. The number of nitrogens with one attached hydrogen (secondary N) is 1. The van der Waals surface area contributed by atoms with Gasteiger partial charge in [0.15, 0.2) is 0 Å². The van der Waals surface area contributed by atoms with Crippen molar-refractivity contribution in [3.8, 4) is 0 Å². The van der Waals surface area contributed by atoms with E-state index in [-0.39, 0.29) is 16.6 Å². The summed E-state index contributed by atoms with van der Waals surface area (Å²) in [5.41, 5.74) is 6.99. The van der Waals surface area contributed by atoms with Crippen LogP contribution in [-0.2, 0) is 10.0 Å². The van der Waals surface area contributed by atoms with Crippen molar-refractivity contribution in [3.05, 3.63) is 23.8 Å². The van der Waals surface area contributed by atoms with Crippen molar-refractivity contribution >= 4 is 27.5 Å². The number of hydrogen-bond donors (Lipinski definition) is 2. The zero-order chi connectivity index (χ0) is 13.8. The van der Waals surface area contributed by atoms with Crippen molar-refractivity contribution in [2.45, 2.75) is 31.7 Å². The molecule has 3 N–H and O–H groups in total. The van der Waals surface area contributed by atoms with E-state index in [2.05, 4.69) is 4.72 Å². The zero-order valence-corrected chi connectivity index (χ0v) is 12.6. The summed E-state index contributed by atoms with van der Waals surface area (Å²) in [6, 6.07) is 4.85. The summed E-state index contributed by atoms with van der Waals surface area (Å²) in [5.74, 6) is 1.72. The van der Waals surface area contributed by atoms with E-state index in [1.54, 1.807) is 30.0 Å². The molecule has 0 aliphatic carbocycles. The highest BCUT2D eigenvalue weighted by atomic mass is 32.2. The molecule has 4 nitrogen and oxygen atoms in total. The van der Waals surface area contributed by atoms with Gasteiger partial charge in [0.25, 0.3) is 0 Å². The molecule has 0 heterocycles. The summed E-state index contributed by atoms with van der Waals surface area (Å²) < 4.78 is 26.9. The molecule has 0 spiro atoms. The SMILES string of the molecule is CCSCC(C)NS(=O)(=O)c1ccc(C)cc1N. The van der Waals surface area contributed by atoms with E-state index in [9.17, 15) is 8.42 Å². The summed E-state index contributed by atoms with van der Waals surface area (Å²) in [6.45, 7) is 5.77. The third-order valence-corrected chi connectivity index (χ3v) is 5.19. The fourth-order valence-electron chi connectivity index (χ4n) is 1.57. The monoisotopic (exact) mass is 288 g/mol. The number of rotatable bonds is 6. The van der Waals surface area contributed by atoms with Crippen LogP contribution in [0, 0.1) is 6.92 Å². The highest BCUT2D eigenvalue weighted by Crippen LogP contribution is 2.19. The molecule has 0 bridgehead atoms. The molecule has 1 aromatic carbocycles. The van der Waals surface area contributed by atoms with Gasteiger partial charge in [-0.2, -0.15) is 11.8 Å². The second kappa shape index (κ2) is 6.45. The van der Waals surface area contributed by atoms with Crippen molar-refractivity contribution < 1.29 is 8.42 Å². The first-order valence-corrected chi connectivity index (χ1v) is 8.46. The van der Waals surface area contributed by atoms with Gasteiger partial charge in [-0.25, -0.2) is 13.1 Å². The molecule has 1 unspecified atom stereocenters. The minimum atomic E-state index is -3.53. The van der Waals surface area contributed by atoms with Crippen molar-refractivity contribution in [1.29, 1.82) is 0 Å². The molecule has 18 heavy (non-hydrogen) atoms. The molecule has 6 heteroatoms. The van der Waals surface area contributed by atoms with Crippen LogP contribution in [0.3, 0.4) is 0 Å². The quantitative estimate of drug-likeness (QED) is 0.785. The Labute approximate surface area is 113 Å². The van der Waals surface area contributed by atoms with Crippen LogP contribution in [0.25, 0.3) is 0 Å². The molecule has 0 aliphatic rings. The molecule has 0 aromatic heterocycles. The van der Waals surface area contributed by atoms with E-state index in [4.69, 9.17) is 5.73 Å². The van der Waals surface area contributed by atoms with E-state index < -0.39 is 10.0 Å². The fourth-order valence-corrected chi connectivity index (χ4v) is 3.70. The second-order valence-corrected chi connectivity index (χ2v) is 7.22. The lowest BCUT2D eigenvalue weighted by Gasteiger charge is -2.15. The van der Waals surface area contributed by atoms with Crippen LogP contribution in [-0.4, -0.2) is 26.0 Å². The van der Waals surface area contributed by atoms with Crippen molar-refractivity contribution in [2.75, 3.05) is 17.2 Å². The Morgan fingerprint density at radius 1 is 1.44 bits per heavy atom. The van der Waals surface area contributed by atoms with Crippen LogP contribution >= 0.6 is 11.8 Å². The number of thioether (sulfide) groups is 1. The van der Waals surface area contributed by atoms with Crippen LogP contribution < -0.4 is 10.5 Å². The minimum absolute atomic E-state index is 0.111. The number of anilines is 1. The minimum Gasteiger partial charge on any atom is -0.398 e. The number of sulfonamides is 1. The fraction of sp³-hybridized carbons (Fsp3) is 0.500. The Kier molecular flexibility index (Phi) is 5.49. The molecule has 1 rings (SSSR count). The predicted octanol–water partition coefficient (Wildman–Crippen LogP) is 2.00. The van der Waals surface area contributed by atoms with E-state index in [0.717, 1.165) is 17.1 Å². The van der Waals surface area contributed by atoms with Gasteiger partial charge < -0.3 is 5.73 Å². The van der Waals surface area contributed by atoms with Gasteiger partial charge in [0, 0.05) is 11.8 Å². The summed E-state index contributed by atoms with van der Waals surface area (Å²) in [7, 11) is -3.53. The molecule has 0 saturated carbocycles. The Bertz CT molecular complexity index is 501. The maximum atomic E-state index is 12.1. The Balaban J connectivity index is 2.86. The Morgan fingerprint density at radius 3 is 2.67 bits per heavy atom. The van der Waals surface area contributed by atoms with Crippen LogP contribution in [0.1, 0.15) is 19.4 Å². The maximum Gasteiger partial charge on any atom is 0.242 e. The highest BCUT2D eigenvalue weighted by molar-refractivity contribution is 7.99. The molecule has 102 valence electrons. The summed E-state index contributed by atoms with van der Waals surface area (Å²) in [5, 5.41) is 0. The molecule has 0 saturated heterocycles. The van der Waals surface area contributed by atoms with Crippen molar-refractivity contribution in [3.63, 3.8) is 0 Å². The van der Waals surface area contributed by atoms with E-state index in [1.807, 2.05) is 20.8 Å². The normalized spacial score (nSPS) is 13.5. The van der Waals surface area contributed by atoms with E-state index >= 15 is 0 Å². The number of hydrogen-bond acceptors (Lipinski definition) is 4. The first kappa shape index (κ1) is 15.3. The first-order valence-electron chi connectivity index (χ1n) is 5.83. The largest absolute Gasteiger partial charge is 0.398 e. The molecule has 1 aromatic rings. The van der Waals surface area contributed by atoms with Gasteiger partial charge in [-0.3, -0.25) is 0 Å². The topological polar surface area (TPSA) is 72.2 Å². The van der Waals surface area contributed by atoms with Gasteiger partial charge in [0.2, 0.25) is 10.0 Å². The third-order valence-electron chi connectivity index (χ3n) is 2.38. The zero-order valence-electron chi connectivity index (χ0n) is 10.9. The predicted molar refractivity (Wildman–Crippen MR) is 78.4 cm³/mol. The van der Waals surface area contributed by atoms with Crippen LogP contribution in [0.4, 0.5) is 5.69 Å². The van der Waals surface area contributed by atoms with Crippen LogP contribution in [0.5, 0.6) is 0 Å². The lowest BCUT2D eigenvalue weighted by atomic mass is 10.2. The van der Waals surface area contributed by atoms with Crippen LogP contribution in [0.2, 0.25) is 0 Å². The van der Waals surface area contributed by atoms with E-state index in [0.29, 0.717) is 0 Å². The maximum absolute atomic E-state index is 12.1. The smallest absolute Gasteiger partial charge is 0.242 e. The van der Waals surface area contributed by atoms with Crippen molar-refractivity contribution in [2.24, 2.45) is 0 Å². The first-order chi connectivity index (χ1) is 8.36. The van der Waals surface area contributed by atoms with Gasteiger partial charge in [-0.05, 0) is 37.3 Å². The Hall–Kier alpha value is -0.720. The summed E-state index contributed by atoms with van der Waals surface area (Å²) >= 11 is 1.70. The van der Waals surface area contributed by atoms with Gasteiger partial charge in [-0.1, -0.05) is 13.0 Å². The summed E-state index contributed by atoms with van der Waals surface area (Å²) in [6.07, 6.45) is 0. The third kappa shape index (κ3) is 4.19. The second-order valence-electron chi connectivity index (χ2n) is 4.22. The standard InChI is InChI=1S/C12H20N2O2S2/c1-4-17-8-10(3)14-18(15,16)12-6-5-9(2)7-11(12)13/h5-7,10,14H,4,8,13H2,1-3H3. The number of benzene rings is 1. The highest BCUT2D eigenvalue weighted by Gasteiger charge is 2.19. The molecule has 1 atom stereocenters. The number of nitrogen functional groups attached to an aromatic ring is 1. The average molecular weight is 288 g/mol. The van der Waals surface area contributed by atoms with Crippen LogP contribution in [0.15, 0.2) is 23.1 Å². The molecule has 0 fully saturated rings. The van der Waals surface area contributed by atoms with Crippen molar-refractivity contribution in [1.82, 2.24) is 4.72 Å². The molecule has 0 amide bonds. The van der Waals surface area contributed by atoms with E-state index in [1.165, 1.54) is 0 Å². The van der Waals surface area contributed by atoms with Gasteiger partial charge >= 0.3 is 0 Å². The molecule has 0 radical (unpaired) electrons. The summed E-state index contributed by atoms with van der Waals surface area (Å²) in [4.78, 5) is 0.154. The lowest BCUT2D eigenvalue weighted by molar-refractivity contribution is 0.571. The van der Waals surface area contributed by atoms with Gasteiger partial charge in [0.1, 0.15) is 4.90 Å². The molecule has 0 aliphatic heterocycles. The molecular weight excluding hydrogens is 268 g/mol. The lowest BCUT2D eigenvalue weighted by Crippen LogP contribution is -2.34. The Morgan fingerprint density at radius 2 is 2.11 bits per heavy atom. The number of aryl methyl sites for hydroxylation is 1. The number of nitrogens with two attached hydrogens (primary N) is 1. The van der Waals surface area contributed by atoms with Gasteiger partial charge in [0.05, 0.1) is 5.69 Å². The van der Waals surface area contributed by atoms with Gasteiger partial charge in [-0.15, -0.1) is 0 Å². The molecular formula is C12H20N2O2S2.